The summed E-state index contributed by atoms with van der Waals surface area (Å²) in [5.74, 6) is -0.226. The van der Waals surface area contributed by atoms with Gasteiger partial charge in [0.1, 0.15) is 16.8 Å². The molecule has 2 aromatic heterocycles. The van der Waals surface area contributed by atoms with Crippen molar-refractivity contribution in [1.29, 1.82) is 5.26 Å². The fourth-order valence-corrected chi connectivity index (χ4v) is 4.82. The van der Waals surface area contributed by atoms with Gasteiger partial charge in [-0.25, -0.2) is 0 Å². The van der Waals surface area contributed by atoms with Gasteiger partial charge in [-0.2, -0.15) is 10.4 Å². The lowest BCUT2D eigenvalue weighted by atomic mass is 10.0. The molecule has 8 heteroatoms. The maximum Gasteiger partial charge on any atom is 0.274 e. The van der Waals surface area contributed by atoms with Gasteiger partial charge in [0.05, 0.1) is 5.56 Å². The number of carbonyl (C=O) groups excluding carboxylic acids is 1. The summed E-state index contributed by atoms with van der Waals surface area (Å²) in [5.41, 5.74) is 3.47. The molecule has 0 aliphatic carbocycles. The molecule has 6 nitrogen and oxygen atoms in total. The summed E-state index contributed by atoms with van der Waals surface area (Å²) in [4.78, 5) is 16.2. The van der Waals surface area contributed by atoms with Crippen LogP contribution < -0.4 is 5.32 Å². The lowest BCUT2D eigenvalue weighted by Gasteiger charge is -2.26. The molecule has 0 spiro atoms. The Kier molecular flexibility index (Phi) is 6.70. The van der Waals surface area contributed by atoms with E-state index in [2.05, 4.69) is 45.7 Å². The van der Waals surface area contributed by atoms with E-state index in [1.54, 1.807) is 16.9 Å². The molecule has 3 heterocycles. The molecule has 3 aromatic rings. The Morgan fingerprint density at radius 3 is 2.83 bits per heavy atom. The number of fused-ring (bicyclic) bond motifs is 1. The van der Waals surface area contributed by atoms with E-state index < -0.39 is 0 Å². The molecule has 0 radical (unpaired) electrons. The van der Waals surface area contributed by atoms with Gasteiger partial charge in [0.2, 0.25) is 0 Å². The monoisotopic (exact) mass is 427 g/mol. The molecule has 4 rings (SSSR count). The van der Waals surface area contributed by atoms with Crippen LogP contribution in [0.25, 0.3) is 0 Å². The number of aromatic nitrogens is 2. The Bertz CT molecular complexity index is 1040. The Morgan fingerprint density at radius 2 is 2.10 bits per heavy atom. The van der Waals surface area contributed by atoms with Crippen LogP contribution in [-0.4, -0.2) is 27.1 Å². The summed E-state index contributed by atoms with van der Waals surface area (Å²) < 4.78 is 1.65. The van der Waals surface area contributed by atoms with Gasteiger partial charge in [0, 0.05) is 37.3 Å². The van der Waals surface area contributed by atoms with Gasteiger partial charge in [-0.05, 0) is 30.5 Å². The van der Waals surface area contributed by atoms with Gasteiger partial charge >= 0.3 is 0 Å². The Balaban J connectivity index is 0.00000240. The molecule has 1 N–H and O–H groups in total. The van der Waals surface area contributed by atoms with Crippen LogP contribution in [0, 0.1) is 11.3 Å². The minimum atomic E-state index is -0.226. The normalized spacial score (nSPS) is 13.2. The Labute approximate surface area is 180 Å². The number of nitriles is 1. The van der Waals surface area contributed by atoms with Crippen LogP contribution in [0.15, 0.2) is 42.6 Å². The average Bonchev–Trinajstić information content (AvgIpc) is 3.32. The number of thiophene rings is 1. The number of rotatable bonds is 5. The van der Waals surface area contributed by atoms with Crippen molar-refractivity contribution >= 4 is 34.7 Å². The maximum absolute atomic E-state index is 12.7. The van der Waals surface area contributed by atoms with Crippen LogP contribution in [0.5, 0.6) is 0 Å². The van der Waals surface area contributed by atoms with Gasteiger partial charge in [-0.1, -0.05) is 30.3 Å². The molecule has 1 aliphatic rings. The van der Waals surface area contributed by atoms with Crippen molar-refractivity contribution in [3.8, 4) is 6.07 Å². The number of anilines is 1. The number of amides is 1. The van der Waals surface area contributed by atoms with E-state index in [1.165, 1.54) is 16.9 Å². The molecule has 0 fully saturated rings. The van der Waals surface area contributed by atoms with Crippen LogP contribution in [0.4, 0.5) is 5.00 Å². The first kappa shape index (κ1) is 21.1. The molecular formula is C21H22ClN5OS. The highest BCUT2D eigenvalue weighted by Gasteiger charge is 2.26. The van der Waals surface area contributed by atoms with Crippen molar-refractivity contribution < 1.29 is 4.79 Å². The van der Waals surface area contributed by atoms with Crippen LogP contribution >= 0.6 is 23.7 Å². The third-order valence-electron chi connectivity index (χ3n) is 4.97. The predicted octanol–water partition coefficient (Wildman–Crippen LogP) is 4.07. The molecule has 0 atom stereocenters. The maximum atomic E-state index is 12.7. The first-order chi connectivity index (χ1) is 13.7. The summed E-state index contributed by atoms with van der Waals surface area (Å²) in [6.45, 7) is 5.15. The molecule has 1 aromatic carbocycles. The first-order valence-electron chi connectivity index (χ1n) is 9.33. The number of carbonyl (C=O) groups is 1. The number of nitrogens with zero attached hydrogens (tertiary/aromatic N) is 4. The third-order valence-corrected chi connectivity index (χ3v) is 6.10. The molecule has 1 amide bonds. The summed E-state index contributed by atoms with van der Waals surface area (Å²) in [5, 5.41) is 17.4. The number of halogens is 1. The summed E-state index contributed by atoms with van der Waals surface area (Å²) >= 11 is 1.51. The van der Waals surface area contributed by atoms with Crippen molar-refractivity contribution in [3.63, 3.8) is 0 Å². The lowest BCUT2D eigenvalue weighted by Crippen LogP contribution is -2.29. The zero-order valence-electron chi connectivity index (χ0n) is 16.1. The summed E-state index contributed by atoms with van der Waals surface area (Å²) in [6, 6.07) is 14.4. The second kappa shape index (κ2) is 9.23. The van der Waals surface area contributed by atoms with Crippen molar-refractivity contribution in [2.45, 2.75) is 33.0 Å². The van der Waals surface area contributed by atoms with Gasteiger partial charge in [-0.3, -0.25) is 14.4 Å². The molecule has 0 saturated carbocycles. The van der Waals surface area contributed by atoms with Gasteiger partial charge in [0.25, 0.3) is 5.91 Å². The van der Waals surface area contributed by atoms with Crippen LogP contribution in [0.2, 0.25) is 0 Å². The second-order valence-corrected chi connectivity index (χ2v) is 7.86. The topological polar surface area (TPSA) is 74.0 Å². The summed E-state index contributed by atoms with van der Waals surface area (Å²) in [7, 11) is 0. The number of hydrogen-bond acceptors (Lipinski definition) is 5. The minimum absolute atomic E-state index is 0. The van der Waals surface area contributed by atoms with Gasteiger partial charge in [0.15, 0.2) is 0 Å². The highest BCUT2D eigenvalue weighted by atomic mass is 35.5. The average molecular weight is 428 g/mol. The van der Waals surface area contributed by atoms with E-state index in [1.807, 2.05) is 13.0 Å². The van der Waals surface area contributed by atoms with E-state index in [0.29, 0.717) is 22.8 Å². The number of hydrogen-bond donors (Lipinski definition) is 1. The molecule has 0 saturated heterocycles. The van der Waals surface area contributed by atoms with Crippen LogP contribution in [0.1, 0.15) is 39.0 Å². The van der Waals surface area contributed by atoms with Gasteiger partial charge < -0.3 is 5.32 Å². The smallest absolute Gasteiger partial charge is 0.274 e. The molecule has 150 valence electrons. The van der Waals surface area contributed by atoms with E-state index in [9.17, 15) is 10.1 Å². The minimum Gasteiger partial charge on any atom is -0.311 e. The lowest BCUT2D eigenvalue weighted by molar-refractivity contribution is 0.101. The predicted molar refractivity (Wildman–Crippen MR) is 116 cm³/mol. The van der Waals surface area contributed by atoms with Gasteiger partial charge in [-0.15, -0.1) is 23.7 Å². The zero-order valence-corrected chi connectivity index (χ0v) is 17.7. The number of aryl methyl sites for hydroxylation is 1. The molecule has 1 aliphatic heterocycles. The van der Waals surface area contributed by atoms with Crippen molar-refractivity contribution in [2.75, 3.05) is 11.9 Å². The number of nitrogens with one attached hydrogen (secondary N) is 1. The van der Waals surface area contributed by atoms with E-state index in [0.717, 1.165) is 36.5 Å². The molecule has 0 unspecified atom stereocenters. The quantitative estimate of drug-likeness (QED) is 0.666. The van der Waals surface area contributed by atoms with Crippen LogP contribution in [0.3, 0.4) is 0 Å². The van der Waals surface area contributed by atoms with E-state index in [-0.39, 0.29) is 18.3 Å². The van der Waals surface area contributed by atoms with E-state index in [4.69, 9.17) is 0 Å². The fourth-order valence-electron chi connectivity index (χ4n) is 3.58. The largest absolute Gasteiger partial charge is 0.311 e. The van der Waals surface area contributed by atoms with E-state index >= 15 is 0 Å². The highest BCUT2D eigenvalue weighted by Crippen LogP contribution is 2.37. The summed E-state index contributed by atoms with van der Waals surface area (Å²) in [6.07, 6.45) is 2.44. The third kappa shape index (κ3) is 4.35. The Morgan fingerprint density at radius 1 is 1.31 bits per heavy atom. The molecule has 0 bridgehead atoms. The Hall–Kier alpha value is -2.66. The van der Waals surface area contributed by atoms with Crippen molar-refractivity contribution in [3.05, 3.63) is 69.9 Å². The SMILES string of the molecule is CCn1nccc1C(=O)Nc1sc2c(c1C#N)CCN(Cc1ccccc1)C2.Cl. The first-order valence-corrected chi connectivity index (χ1v) is 10.1. The van der Waals surface area contributed by atoms with Crippen LogP contribution in [-0.2, 0) is 26.1 Å². The standard InChI is InChI=1S/C21H21N5OS.ClH/c1-2-26-18(8-10-23-26)20(27)24-21-17(12-22)16-9-11-25(14-19(16)28-21)13-15-6-4-3-5-7-15;/h3-8,10H,2,9,11,13-14H2,1H3,(H,24,27);1H. The number of benzene rings is 1. The second-order valence-electron chi connectivity index (χ2n) is 6.75. The highest BCUT2D eigenvalue weighted by molar-refractivity contribution is 7.16. The molecular weight excluding hydrogens is 406 g/mol. The fraction of sp³-hybridized carbons (Fsp3) is 0.286. The zero-order chi connectivity index (χ0) is 19.5. The van der Waals surface area contributed by atoms with Crippen molar-refractivity contribution in [2.24, 2.45) is 0 Å². The van der Waals surface area contributed by atoms with Crippen molar-refractivity contribution in [1.82, 2.24) is 14.7 Å². The molecule has 29 heavy (non-hydrogen) atoms.